The first-order chi connectivity index (χ1) is 11.0. The molecule has 0 aliphatic heterocycles. The third kappa shape index (κ3) is 3.84. The topological polar surface area (TPSA) is 138 Å². The number of tetrazole rings is 1. The molecule has 0 saturated carbocycles. The SMILES string of the molecule is C=C([NH3+])[C@@H](C#N)C(=O)COC(=O)c1ccc(-n2cnnn2)cc1. The smallest absolute Gasteiger partial charge is 0.338 e. The van der Waals surface area contributed by atoms with Gasteiger partial charge in [-0.15, -0.1) is 5.10 Å². The van der Waals surface area contributed by atoms with Gasteiger partial charge >= 0.3 is 5.97 Å². The average Bonchev–Trinajstić information content (AvgIpc) is 3.07. The summed E-state index contributed by atoms with van der Waals surface area (Å²) in [6.07, 6.45) is 1.42. The highest BCUT2D eigenvalue weighted by Crippen LogP contribution is 2.10. The van der Waals surface area contributed by atoms with Gasteiger partial charge in [0.15, 0.2) is 18.3 Å². The second-order valence-corrected chi connectivity index (χ2v) is 4.56. The second-order valence-electron chi connectivity index (χ2n) is 4.56. The van der Waals surface area contributed by atoms with Crippen molar-refractivity contribution in [3.63, 3.8) is 0 Å². The van der Waals surface area contributed by atoms with Crippen molar-refractivity contribution in [3.05, 3.63) is 48.4 Å². The summed E-state index contributed by atoms with van der Waals surface area (Å²) in [6.45, 7) is 2.94. The van der Waals surface area contributed by atoms with Crippen LogP contribution in [0.15, 0.2) is 42.9 Å². The maximum Gasteiger partial charge on any atom is 0.338 e. The number of nitriles is 1. The van der Waals surface area contributed by atoms with E-state index >= 15 is 0 Å². The van der Waals surface area contributed by atoms with Gasteiger partial charge in [-0.3, -0.25) is 4.79 Å². The first-order valence-corrected chi connectivity index (χ1v) is 6.46. The molecule has 1 aromatic carbocycles. The Kier molecular flexibility index (Phi) is 4.91. The predicted octanol–water partition coefficient (Wildman–Crippen LogP) is -0.716. The Bertz CT molecular complexity index is 761. The van der Waals surface area contributed by atoms with Gasteiger partial charge in [-0.05, 0) is 41.3 Å². The molecule has 0 unspecified atom stereocenters. The molecule has 0 spiro atoms. The van der Waals surface area contributed by atoms with Gasteiger partial charge in [0.25, 0.3) is 0 Å². The van der Waals surface area contributed by atoms with Crippen LogP contribution in [0.5, 0.6) is 0 Å². The number of benzene rings is 1. The lowest BCUT2D eigenvalue weighted by Gasteiger charge is -2.07. The molecule has 3 N–H and O–H groups in total. The van der Waals surface area contributed by atoms with E-state index < -0.39 is 24.3 Å². The summed E-state index contributed by atoms with van der Waals surface area (Å²) in [5.74, 6) is -2.32. The van der Waals surface area contributed by atoms with Gasteiger partial charge in [0.2, 0.25) is 0 Å². The molecule has 0 saturated heterocycles. The van der Waals surface area contributed by atoms with Gasteiger partial charge < -0.3 is 10.5 Å². The van der Waals surface area contributed by atoms with Gasteiger partial charge in [-0.2, -0.15) is 5.26 Å². The van der Waals surface area contributed by atoms with Crippen molar-refractivity contribution in [1.29, 1.82) is 5.26 Å². The van der Waals surface area contributed by atoms with Crippen molar-refractivity contribution in [3.8, 4) is 11.8 Å². The highest BCUT2D eigenvalue weighted by molar-refractivity contribution is 5.93. The molecule has 1 aromatic heterocycles. The molecular weight excluding hydrogens is 300 g/mol. The Morgan fingerprint density at radius 3 is 2.61 bits per heavy atom. The summed E-state index contributed by atoms with van der Waals surface area (Å²) < 4.78 is 6.32. The van der Waals surface area contributed by atoms with Crippen molar-refractivity contribution in [2.45, 2.75) is 0 Å². The largest absolute Gasteiger partial charge is 0.454 e. The Balaban J connectivity index is 1.97. The van der Waals surface area contributed by atoms with Crippen LogP contribution < -0.4 is 5.73 Å². The Morgan fingerprint density at radius 2 is 2.09 bits per heavy atom. The summed E-state index contributed by atoms with van der Waals surface area (Å²) in [5.41, 5.74) is 4.55. The van der Waals surface area contributed by atoms with Crippen LogP contribution in [0, 0.1) is 17.2 Å². The van der Waals surface area contributed by atoms with Crippen LogP contribution in [-0.2, 0) is 9.53 Å². The molecule has 23 heavy (non-hydrogen) atoms. The number of hydrogen-bond donors (Lipinski definition) is 1. The molecule has 1 atom stereocenters. The van der Waals surface area contributed by atoms with Gasteiger partial charge in [0.05, 0.1) is 17.3 Å². The molecule has 116 valence electrons. The highest BCUT2D eigenvalue weighted by Gasteiger charge is 2.23. The van der Waals surface area contributed by atoms with E-state index in [0.717, 1.165) is 0 Å². The average molecular weight is 313 g/mol. The van der Waals surface area contributed by atoms with E-state index in [1.165, 1.54) is 23.1 Å². The Morgan fingerprint density at radius 1 is 1.39 bits per heavy atom. The number of esters is 1. The monoisotopic (exact) mass is 313 g/mol. The highest BCUT2D eigenvalue weighted by atomic mass is 16.5. The minimum atomic E-state index is -1.08. The van der Waals surface area contributed by atoms with Crippen LogP contribution in [0.1, 0.15) is 10.4 Å². The van der Waals surface area contributed by atoms with Crippen LogP contribution in [0.2, 0.25) is 0 Å². The van der Waals surface area contributed by atoms with Crippen LogP contribution in [0.3, 0.4) is 0 Å². The molecule has 0 bridgehead atoms. The molecule has 0 aliphatic carbocycles. The summed E-state index contributed by atoms with van der Waals surface area (Å²) >= 11 is 0. The number of quaternary nitrogens is 1. The fraction of sp³-hybridized carbons (Fsp3) is 0.143. The van der Waals surface area contributed by atoms with Crippen LogP contribution in [-0.4, -0.2) is 38.6 Å². The van der Waals surface area contributed by atoms with E-state index in [2.05, 4.69) is 27.8 Å². The van der Waals surface area contributed by atoms with E-state index in [9.17, 15) is 9.59 Å². The van der Waals surface area contributed by atoms with Gasteiger partial charge in [-0.1, -0.05) is 0 Å². The fourth-order valence-corrected chi connectivity index (χ4v) is 1.72. The number of carbonyl (C=O) groups is 2. The van der Waals surface area contributed by atoms with E-state index in [1.54, 1.807) is 18.2 Å². The number of aromatic nitrogens is 4. The molecule has 0 radical (unpaired) electrons. The molecule has 0 fully saturated rings. The number of Topliss-reactive ketones (excluding diaryl/α,β-unsaturated/α-hetero) is 1. The zero-order valence-electron chi connectivity index (χ0n) is 12.0. The van der Waals surface area contributed by atoms with E-state index in [4.69, 9.17) is 10.00 Å². The molecule has 2 rings (SSSR count). The summed E-state index contributed by atoms with van der Waals surface area (Å²) in [7, 11) is 0. The van der Waals surface area contributed by atoms with Crippen LogP contribution in [0.4, 0.5) is 0 Å². The zero-order chi connectivity index (χ0) is 16.8. The van der Waals surface area contributed by atoms with Crippen molar-refractivity contribution < 1.29 is 20.1 Å². The number of hydrogen-bond acceptors (Lipinski definition) is 7. The normalized spacial score (nSPS) is 11.3. The van der Waals surface area contributed by atoms with Crippen LogP contribution >= 0.6 is 0 Å². The Hall–Kier alpha value is -3.38. The first-order valence-electron chi connectivity index (χ1n) is 6.46. The number of ether oxygens (including phenoxy) is 1. The van der Waals surface area contributed by atoms with E-state index in [0.29, 0.717) is 5.69 Å². The first kappa shape index (κ1) is 16.0. The van der Waals surface area contributed by atoms with Gasteiger partial charge in [-0.25, -0.2) is 9.48 Å². The minimum absolute atomic E-state index is 0.166. The predicted molar refractivity (Wildman–Crippen MR) is 75.6 cm³/mol. The van der Waals surface area contributed by atoms with E-state index in [-0.39, 0.29) is 11.3 Å². The molecule has 1 heterocycles. The minimum Gasteiger partial charge on any atom is -0.454 e. The summed E-state index contributed by atoms with van der Waals surface area (Å²) in [5, 5.41) is 19.6. The maximum absolute atomic E-state index is 11.9. The van der Waals surface area contributed by atoms with Gasteiger partial charge in [0.1, 0.15) is 12.0 Å². The second kappa shape index (κ2) is 7.06. The zero-order valence-corrected chi connectivity index (χ0v) is 12.0. The van der Waals surface area contributed by atoms with Crippen molar-refractivity contribution in [2.75, 3.05) is 6.61 Å². The molecule has 9 heteroatoms. The number of nitrogens with zero attached hydrogens (tertiary/aromatic N) is 5. The number of allylic oxidation sites excluding steroid dienone is 1. The Labute approximate surface area is 131 Å². The number of carbonyl (C=O) groups excluding carboxylic acids is 2. The molecule has 0 aliphatic rings. The van der Waals surface area contributed by atoms with E-state index in [1.807, 2.05) is 0 Å². The molecule has 0 amide bonds. The standard InChI is InChI=1S/C14H12N6O3/c1-9(16)12(6-15)13(21)7-23-14(22)10-2-4-11(5-3-10)20-8-17-18-19-20/h2-5,8,12H,1,7,16H2/p+1/t12-/m1/s1. The lowest BCUT2D eigenvalue weighted by atomic mass is 10.0. The lowest BCUT2D eigenvalue weighted by molar-refractivity contribution is -0.309. The number of ketones is 1. The summed E-state index contributed by atoms with van der Waals surface area (Å²) in [4.78, 5) is 23.6. The third-order valence-electron chi connectivity index (χ3n) is 2.92. The van der Waals surface area contributed by atoms with Crippen molar-refractivity contribution in [1.82, 2.24) is 20.2 Å². The van der Waals surface area contributed by atoms with Crippen molar-refractivity contribution in [2.24, 2.45) is 5.92 Å². The van der Waals surface area contributed by atoms with Crippen LogP contribution in [0.25, 0.3) is 5.69 Å². The van der Waals surface area contributed by atoms with Crippen molar-refractivity contribution >= 4 is 11.8 Å². The third-order valence-corrected chi connectivity index (χ3v) is 2.92. The fourth-order valence-electron chi connectivity index (χ4n) is 1.72. The quantitative estimate of drug-likeness (QED) is 0.694. The molecule has 2 aromatic rings. The van der Waals surface area contributed by atoms with Gasteiger partial charge in [0, 0.05) is 0 Å². The lowest BCUT2D eigenvalue weighted by Crippen LogP contribution is -2.51. The number of rotatable bonds is 6. The molecule has 9 nitrogen and oxygen atoms in total. The maximum atomic E-state index is 11.9. The molecular formula is C14H13N6O3+. The summed E-state index contributed by atoms with van der Waals surface area (Å²) in [6, 6.07) is 8.06.